The number of carbonyl (C=O) groups is 1. The number of benzene rings is 1. The zero-order valence-corrected chi connectivity index (χ0v) is 13.3. The lowest BCUT2D eigenvalue weighted by atomic mass is 10.1. The molecule has 1 saturated heterocycles. The van der Waals surface area contributed by atoms with E-state index in [4.69, 9.17) is 11.6 Å². The van der Waals surface area contributed by atoms with E-state index in [-0.39, 0.29) is 5.91 Å². The summed E-state index contributed by atoms with van der Waals surface area (Å²) in [5, 5.41) is 4.13. The summed E-state index contributed by atoms with van der Waals surface area (Å²) in [7, 11) is 0. The molecule has 2 aliphatic rings. The summed E-state index contributed by atoms with van der Waals surface area (Å²) in [4.78, 5) is 14.9. The van der Waals surface area contributed by atoms with E-state index in [2.05, 4.69) is 5.32 Å². The Morgan fingerprint density at radius 2 is 2.14 bits per heavy atom. The highest BCUT2D eigenvalue weighted by Gasteiger charge is 2.30. The summed E-state index contributed by atoms with van der Waals surface area (Å²) in [6.45, 7) is 4.77. The molecule has 0 aromatic heterocycles. The molecule has 1 aromatic rings. The van der Waals surface area contributed by atoms with Crippen LogP contribution >= 0.6 is 11.6 Å². The first-order valence-corrected chi connectivity index (χ1v) is 8.30. The number of rotatable bonds is 5. The number of hydrogen-bond donors (Lipinski definition) is 1. The zero-order chi connectivity index (χ0) is 14.8. The molecule has 1 amide bonds. The molecule has 3 nitrogen and oxygen atoms in total. The Bertz CT molecular complexity index is 522. The van der Waals surface area contributed by atoms with Gasteiger partial charge in [0.15, 0.2) is 0 Å². The van der Waals surface area contributed by atoms with Crippen molar-refractivity contribution in [1.82, 2.24) is 10.2 Å². The molecule has 0 radical (unpaired) electrons. The lowest BCUT2D eigenvalue weighted by Gasteiger charge is -2.26. The molecule has 0 spiro atoms. The number of nitrogens with one attached hydrogen (secondary N) is 1. The van der Waals surface area contributed by atoms with Gasteiger partial charge >= 0.3 is 0 Å². The van der Waals surface area contributed by atoms with E-state index in [0.29, 0.717) is 17.0 Å². The maximum Gasteiger partial charge on any atom is 0.254 e. The standard InChI is InChI=1S/C17H23ClN2O/c1-12-4-7-14(18)9-16(12)17(21)20(10-13-5-6-13)11-15-3-2-8-19-15/h4,7,9,13,15,19H,2-3,5-6,8,10-11H2,1H3. The minimum atomic E-state index is 0.135. The lowest BCUT2D eigenvalue weighted by Crippen LogP contribution is -2.42. The van der Waals surface area contributed by atoms with Crippen LogP contribution < -0.4 is 5.32 Å². The Morgan fingerprint density at radius 1 is 1.33 bits per heavy atom. The summed E-state index contributed by atoms with van der Waals surface area (Å²) < 4.78 is 0. The van der Waals surface area contributed by atoms with Crippen LogP contribution in [0.5, 0.6) is 0 Å². The number of carbonyl (C=O) groups excluding carboxylic acids is 1. The van der Waals surface area contributed by atoms with Crippen LogP contribution in [0.25, 0.3) is 0 Å². The minimum Gasteiger partial charge on any atom is -0.337 e. The van der Waals surface area contributed by atoms with Crippen molar-refractivity contribution in [3.05, 3.63) is 34.3 Å². The average Bonchev–Trinajstić information content (AvgIpc) is 3.13. The minimum absolute atomic E-state index is 0.135. The molecular weight excluding hydrogens is 284 g/mol. The van der Waals surface area contributed by atoms with Crippen molar-refractivity contribution in [3.63, 3.8) is 0 Å². The van der Waals surface area contributed by atoms with Gasteiger partial charge in [-0.2, -0.15) is 0 Å². The smallest absolute Gasteiger partial charge is 0.254 e. The van der Waals surface area contributed by atoms with Gasteiger partial charge in [-0.3, -0.25) is 4.79 Å². The average molecular weight is 307 g/mol. The van der Waals surface area contributed by atoms with E-state index in [1.165, 1.54) is 25.7 Å². The summed E-state index contributed by atoms with van der Waals surface area (Å²) in [6, 6.07) is 6.03. The third-order valence-electron chi connectivity index (χ3n) is 4.50. The van der Waals surface area contributed by atoms with Gasteiger partial charge in [0.05, 0.1) is 0 Å². The summed E-state index contributed by atoms with van der Waals surface area (Å²) in [6.07, 6.45) is 4.90. The van der Waals surface area contributed by atoms with Gasteiger partial charge in [0.2, 0.25) is 0 Å². The molecule has 1 unspecified atom stereocenters. The number of nitrogens with zero attached hydrogens (tertiary/aromatic N) is 1. The van der Waals surface area contributed by atoms with Crippen molar-refractivity contribution in [2.75, 3.05) is 19.6 Å². The van der Waals surface area contributed by atoms with E-state index in [1.807, 2.05) is 24.0 Å². The largest absolute Gasteiger partial charge is 0.337 e. The Morgan fingerprint density at radius 3 is 2.81 bits per heavy atom. The van der Waals surface area contributed by atoms with Crippen LogP contribution in [-0.4, -0.2) is 36.5 Å². The van der Waals surface area contributed by atoms with Crippen LogP contribution in [0.1, 0.15) is 41.6 Å². The predicted octanol–water partition coefficient (Wildman–Crippen LogP) is 3.25. The Labute approximate surface area is 131 Å². The van der Waals surface area contributed by atoms with Crippen LogP contribution in [0.4, 0.5) is 0 Å². The molecule has 114 valence electrons. The van der Waals surface area contributed by atoms with E-state index in [1.54, 1.807) is 6.07 Å². The second kappa shape index (κ2) is 6.37. The van der Waals surface area contributed by atoms with Crippen LogP contribution in [0.3, 0.4) is 0 Å². The molecule has 3 rings (SSSR count). The van der Waals surface area contributed by atoms with E-state index in [9.17, 15) is 4.79 Å². The third-order valence-corrected chi connectivity index (χ3v) is 4.73. The molecule has 1 aromatic carbocycles. The van der Waals surface area contributed by atoms with E-state index >= 15 is 0 Å². The summed E-state index contributed by atoms with van der Waals surface area (Å²) >= 11 is 6.07. The number of hydrogen-bond acceptors (Lipinski definition) is 2. The van der Waals surface area contributed by atoms with Gasteiger partial charge in [-0.05, 0) is 62.8 Å². The van der Waals surface area contributed by atoms with Gasteiger partial charge in [-0.15, -0.1) is 0 Å². The normalized spacial score (nSPS) is 21.5. The molecule has 1 atom stereocenters. The fourth-order valence-corrected chi connectivity index (χ4v) is 3.20. The molecule has 21 heavy (non-hydrogen) atoms. The van der Waals surface area contributed by atoms with Crippen molar-refractivity contribution in [1.29, 1.82) is 0 Å². The molecule has 4 heteroatoms. The molecule has 1 aliphatic heterocycles. The Balaban J connectivity index is 1.76. The first-order valence-electron chi connectivity index (χ1n) is 7.92. The SMILES string of the molecule is Cc1ccc(Cl)cc1C(=O)N(CC1CC1)CC1CCCN1. The Hall–Kier alpha value is -1.06. The zero-order valence-electron chi connectivity index (χ0n) is 12.6. The molecule has 1 heterocycles. The maximum atomic E-state index is 12.9. The van der Waals surface area contributed by atoms with Crippen LogP contribution in [0.2, 0.25) is 5.02 Å². The van der Waals surface area contributed by atoms with Crippen molar-refractivity contribution in [2.45, 2.75) is 38.6 Å². The second-order valence-electron chi connectivity index (χ2n) is 6.41. The molecule has 1 saturated carbocycles. The summed E-state index contributed by atoms with van der Waals surface area (Å²) in [5.74, 6) is 0.838. The molecular formula is C17H23ClN2O. The quantitative estimate of drug-likeness (QED) is 0.905. The van der Waals surface area contributed by atoms with Gasteiger partial charge in [0, 0.05) is 29.7 Å². The monoisotopic (exact) mass is 306 g/mol. The highest BCUT2D eigenvalue weighted by molar-refractivity contribution is 6.31. The van der Waals surface area contributed by atoms with Gasteiger partial charge in [-0.25, -0.2) is 0 Å². The first-order chi connectivity index (χ1) is 10.1. The fourth-order valence-electron chi connectivity index (χ4n) is 3.03. The highest BCUT2D eigenvalue weighted by atomic mass is 35.5. The van der Waals surface area contributed by atoms with Crippen molar-refractivity contribution in [2.24, 2.45) is 5.92 Å². The van der Waals surface area contributed by atoms with E-state index in [0.717, 1.165) is 30.8 Å². The molecule has 1 N–H and O–H groups in total. The van der Waals surface area contributed by atoms with Gasteiger partial charge in [0.25, 0.3) is 5.91 Å². The van der Waals surface area contributed by atoms with Crippen LogP contribution in [-0.2, 0) is 0 Å². The van der Waals surface area contributed by atoms with Crippen molar-refractivity contribution < 1.29 is 4.79 Å². The fraction of sp³-hybridized carbons (Fsp3) is 0.588. The second-order valence-corrected chi connectivity index (χ2v) is 6.84. The summed E-state index contributed by atoms with van der Waals surface area (Å²) in [5.41, 5.74) is 1.76. The Kier molecular flexibility index (Phi) is 4.51. The van der Waals surface area contributed by atoms with Crippen molar-refractivity contribution in [3.8, 4) is 0 Å². The van der Waals surface area contributed by atoms with Crippen LogP contribution in [0, 0.1) is 12.8 Å². The van der Waals surface area contributed by atoms with Gasteiger partial charge in [-0.1, -0.05) is 17.7 Å². The van der Waals surface area contributed by atoms with Crippen molar-refractivity contribution >= 4 is 17.5 Å². The molecule has 0 bridgehead atoms. The number of halogens is 1. The number of amides is 1. The van der Waals surface area contributed by atoms with Crippen LogP contribution in [0.15, 0.2) is 18.2 Å². The third kappa shape index (κ3) is 3.78. The number of aryl methyl sites for hydroxylation is 1. The molecule has 1 aliphatic carbocycles. The highest BCUT2D eigenvalue weighted by Crippen LogP contribution is 2.31. The maximum absolute atomic E-state index is 12.9. The van der Waals surface area contributed by atoms with Gasteiger partial charge < -0.3 is 10.2 Å². The molecule has 2 fully saturated rings. The first kappa shape index (κ1) is 14.9. The van der Waals surface area contributed by atoms with E-state index < -0.39 is 0 Å². The topological polar surface area (TPSA) is 32.3 Å². The predicted molar refractivity (Wildman–Crippen MR) is 85.8 cm³/mol. The lowest BCUT2D eigenvalue weighted by molar-refractivity contribution is 0.0733. The van der Waals surface area contributed by atoms with Gasteiger partial charge in [0.1, 0.15) is 0 Å².